The summed E-state index contributed by atoms with van der Waals surface area (Å²) in [6.45, 7) is 8.10. The van der Waals surface area contributed by atoms with Gasteiger partial charge in [-0.15, -0.1) is 0 Å². The van der Waals surface area contributed by atoms with Crippen LogP contribution in [0.1, 0.15) is 105 Å². The number of nitrogens with one attached hydrogen (secondary N) is 4. The summed E-state index contributed by atoms with van der Waals surface area (Å²) < 4.78 is 0. The summed E-state index contributed by atoms with van der Waals surface area (Å²) in [6, 6.07) is 4.45. The number of aromatic nitrogens is 6. The molecule has 1 atom stereocenters. The lowest BCUT2D eigenvalue weighted by atomic mass is 9.76. The minimum absolute atomic E-state index is 0.0231. The molecule has 6 heterocycles. The van der Waals surface area contributed by atoms with Crippen LogP contribution in [0.3, 0.4) is 0 Å². The maximum Gasteiger partial charge on any atom is 0.237 e. The Morgan fingerprint density at radius 2 is 1.42 bits per heavy atom. The van der Waals surface area contributed by atoms with Crippen LogP contribution >= 0.6 is 0 Å². The molecule has 1 saturated heterocycles. The number of hydrogen-bond donors (Lipinski definition) is 6. The number of nitrogens with zero attached hydrogens (tertiary/aromatic N) is 4. The number of amides is 2. The molecule has 12 nitrogen and oxygen atoms in total. The number of aromatic amines is 4. The van der Waals surface area contributed by atoms with Crippen LogP contribution in [0, 0.1) is 5.41 Å². The van der Waals surface area contributed by atoms with Gasteiger partial charge in [0.25, 0.3) is 0 Å². The van der Waals surface area contributed by atoms with Crippen LogP contribution in [0.15, 0.2) is 41.9 Å². The predicted molar refractivity (Wildman–Crippen MR) is 222 cm³/mol. The van der Waals surface area contributed by atoms with Crippen LogP contribution in [0.2, 0.25) is 0 Å². The van der Waals surface area contributed by atoms with Gasteiger partial charge in [-0.2, -0.15) is 10.2 Å². The van der Waals surface area contributed by atoms with Crippen LogP contribution in [0.25, 0.3) is 39.8 Å². The van der Waals surface area contributed by atoms with E-state index in [1.807, 2.05) is 24.3 Å². The Labute approximate surface area is 332 Å². The van der Waals surface area contributed by atoms with E-state index >= 15 is 0 Å². The van der Waals surface area contributed by atoms with E-state index in [9.17, 15) is 19.8 Å². The summed E-state index contributed by atoms with van der Waals surface area (Å²) in [6.07, 6.45) is 17.3. The molecule has 298 valence electrons. The molecule has 0 radical (unpaired) electrons. The van der Waals surface area contributed by atoms with Crippen molar-refractivity contribution in [2.24, 2.45) is 5.41 Å². The van der Waals surface area contributed by atoms with Gasteiger partial charge in [-0.25, -0.2) is 0 Å². The third-order valence-corrected chi connectivity index (χ3v) is 14.1. The molecular formula is C45H54N8O4. The lowest BCUT2D eigenvalue weighted by molar-refractivity contribution is -0.136. The van der Waals surface area contributed by atoms with Crippen LogP contribution in [-0.2, 0) is 47.1 Å². The Bertz CT molecular complexity index is 2470. The van der Waals surface area contributed by atoms with Gasteiger partial charge in [0.2, 0.25) is 11.8 Å². The Morgan fingerprint density at radius 1 is 0.789 bits per heavy atom. The number of allylic oxidation sites excluding steroid dienone is 2. The van der Waals surface area contributed by atoms with E-state index in [0.717, 1.165) is 103 Å². The average molecular weight is 771 g/mol. The number of carbonyl (C=O) groups excluding carboxylic acids is 2. The van der Waals surface area contributed by atoms with E-state index in [1.165, 1.54) is 44.5 Å². The highest BCUT2D eigenvalue weighted by atomic mass is 16.3. The minimum atomic E-state index is -0.952. The molecule has 2 aliphatic heterocycles. The number of aliphatic hydroxyl groups excluding tert-OH is 2. The Hall–Kier alpha value is -5.20. The van der Waals surface area contributed by atoms with E-state index < -0.39 is 11.5 Å². The van der Waals surface area contributed by atoms with Gasteiger partial charge >= 0.3 is 0 Å². The highest BCUT2D eigenvalue weighted by molar-refractivity contribution is 6.10. The van der Waals surface area contributed by atoms with Crippen LogP contribution < -0.4 is 4.90 Å². The first-order valence-electron chi connectivity index (χ1n) is 20.9. The van der Waals surface area contributed by atoms with Crippen molar-refractivity contribution in [1.82, 2.24) is 35.3 Å². The van der Waals surface area contributed by atoms with E-state index in [0.29, 0.717) is 12.8 Å². The first-order valence-corrected chi connectivity index (χ1v) is 20.9. The molecule has 0 spiro atoms. The first-order chi connectivity index (χ1) is 27.6. The Kier molecular flexibility index (Phi) is 9.19. The SMILES string of the molecule is CCC1(CC)C(=O)N(C)c2cc3c4c([nH]c3cc21)-c1[nH]ncc1CCC4.CCC1(CC)C(=O)N(CC(O)CO)C2=CCc3c([nH]c4c3CCCc3cn[nH]c3-4)C=C21. The van der Waals surface area contributed by atoms with Gasteiger partial charge < -0.3 is 30.0 Å². The monoisotopic (exact) mass is 770 g/mol. The number of carbonyl (C=O) groups is 2. The molecular weight excluding hydrogens is 717 g/mol. The molecule has 3 aliphatic carbocycles. The maximum absolute atomic E-state index is 13.5. The fourth-order valence-electron chi connectivity index (χ4n) is 10.7. The number of benzene rings is 1. The van der Waals surface area contributed by atoms with Gasteiger partial charge in [-0.1, -0.05) is 33.8 Å². The van der Waals surface area contributed by atoms with Crippen molar-refractivity contribution >= 4 is 34.5 Å². The second-order valence-corrected chi connectivity index (χ2v) is 16.6. The van der Waals surface area contributed by atoms with Crippen LogP contribution in [0.5, 0.6) is 0 Å². The molecule has 0 bridgehead atoms. The van der Waals surface area contributed by atoms with Crippen molar-refractivity contribution in [3.05, 3.63) is 80.9 Å². The van der Waals surface area contributed by atoms with Crippen molar-refractivity contribution in [3.63, 3.8) is 0 Å². The predicted octanol–water partition coefficient (Wildman–Crippen LogP) is 6.80. The molecule has 4 aromatic heterocycles. The molecule has 5 aliphatic rings. The highest BCUT2D eigenvalue weighted by Crippen LogP contribution is 2.52. The third-order valence-electron chi connectivity index (χ3n) is 14.1. The second-order valence-electron chi connectivity index (χ2n) is 16.6. The molecule has 2 amide bonds. The van der Waals surface area contributed by atoms with Crippen molar-refractivity contribution in [1.29, 1.82) is 0 Å². The van der Waals surface area contributed by atoms with E-state index in [2.05, 4.69) is 82.3 Å². The summed E-state index contributed by atoms with van der Waals surface area (Å²) in [5, 5.41) is 35.6. The van der Waals surface area contributed by atoms with Crippen molar-refractivity contribution in [2.75, 3.05) is 25.1 Å². The second kappa shape index (κ2) is 14.0. The van der Waals surface area contributed by atoms with E-state index in [1.54, 1.807) is 4.90 Å². The fraction of sp³-hybridized carbons (Fsp3) is 0.467. The third kappa shape index (κ3) is 5.39. The number of hydrogen-bond acceptors (Lipinski definition) is 6. The average Bonchev–Trinajstić information content (AvgIpc) is 4.04. The number of likely N-dealkylation sites (tertiary alicyclic amines) is 1. The zero-order valence-corrected chi connectivity index (χ0v) is 33.7. The number of fused-ring (bicyclic) bond motifs is 12. The van der Waals surface area contributed by atoms with Crippen molar-refractivity contribution < 1.29 is 19.8 Å². The molecule has 57 heavy (non-hydrogen) atoms. The zero-order valence-electron chi connectivity index (χ0n) is 33.7. The zero-order chi connectivity index (χ0) is 39.8. The van der Waals surface area contributed by atoms with Gasteiger partial charge in [0, 0.05) is 35.0 Å². The van der Waals surface area contributed by atoms with Crippen molar-refractivity contribution in [2.45, 2.75) is 110 Å². The minimum Gasteiger partial charge on any atom is -0.394 e. The lowest BCUT2D eigenvalue weighted by Gasteiger charge is -2.26. The normalized spacial score (nSPS) is 19.1. The lowest BCUT2D eigenvalue weighted by Crippen LogP contribution is -2.39. The molecule has 0 saturated carbocycles. The summed E-state index contributed by atoms with van der Waals surface area (Å²) >= 11 is 0. The van der Waals surface area contributed by atoms with Gasteiger partial charge in [0.05, 0.1) is 65.3 Å². The number of rotatable bonds is 7. The summed E-state index contributed by atoms with van der Waals surface area (Å²) in [5.41, 5.74) is 16.3. The van der Waals surface area contributed by atoms with E-state index in [-0.39, 0.29) is 30.4 Å². The molecule has 12 heteroatoms. The van der Waals surface area contributed by atoms with Gasteiger partial charge in [0.1, 0.15) is 0 Å². The Balaban J connectivity index is 0.000000150. The quantitative estimate of drug-likeness (QED) is 0.106. The molecule has 1 fully saturated rings. The van der Waals surface area contributed by atoms with E-state index in [4.69, 9.17) is 0 Å². The summed E-state index contributed by atoms with van der Waals surface area (Å²) in [5.74, 6) is 0.252. The number of aliphatic hydroxyl groups is 2. The largest absolute Gasteiger partial charge is 0.394 e. The van der Waals surface area contributed by atoms with Crippen molar-refractivity contribution in [3.8, 4) is 22.8 Å². The fourth-order valence-corrected chi connectivity index (χ4v) is 10.7. The standard InChI is InChI=1S/C24H30N4O3.C21H24N4O/c1-3-24(4-2)18-10-19-16(8-9-20(18)28(23(24)31)12-15(30)13-29)17-7-5-6-14-11-25-27-21(14)22(17)26-19;1-4-21(5-2)15-10-16-14(9-17(15)25(3)20(21)26)13-8-6-7-12-11-22-24-18(12)19(13)23-16/h9-11,15,26,29-30H,3-8,12-13H2,1-2H3,(H,25,27);9-11,23H,4-8H2,1-3H3,(H,22,24). The first kappa shape index (κ1) is 37.4. The molecule has 1 aromatic carbocycles. The maximum atomic E-state index is 13.5. The molecule has 6 N–H and O–H groups in total. The summed E-state index contributed by atoms with van der Waals surface area (Å²) in [7, 11) is 1.92. The molecule has 5 aromatic rings. The Morgan fingerprint density at radius 3 is 2.05 bits per heavy atom. The highest BCUT2D eigenvalue weighted by Gasteiger charge is 2.52. The molecule has 1 unspecified atom stereocenters. The number of β-amino-alcohol motifs (C(OH)–C–C–N with tert-alkyl or cyclic N) is 1. The van der Waals surface area contributed by atoms with Gasteiger partial charge in [0.15, 0.2) is 0 Å². The van der Waals surface area contributed by atoms with Crippen LogP contribution in [-0.4, -0.2) is 83.6 Å². The van der Waals surface area contributed by atoms with Gasteiger partial charge in [-0.05, 0) is 128 Å². The number of likely N-dealkylation sites (N-methyl/N-ethyl adjacent to an activating group) is 1. The number of anilines is 1. The van der Waals surface area contributed by atoms with Crippen LogP contribution in [0.4, 0.5) is 5.69 Å². The molecule has 10 rings (SSSR count). The summed E-state index contributed by atoms with van der Waals surface area (Å²) in [4.78, 5) is 37.4. The smallest absolute Gasteiger partial charge is 0.237 e. The van der Waals surface area contributed by atoms with Gasteiger partial charge in [-0.3, -0.25) is 19.8 Å². The number of H-pyrrole nitrogens is 4. The topological polar surface area (TPSA) is 170 Å². The number of aryl methyl sites for hydroxylation is 3.